The van der Waals surface area contributed by atoms with Crippen molar-refractivity contribution < 1.29 is 0 Å². The first kappa shape index (κ1) is 13.1. The van der Waals surface area contributed by atoms with Gasteiger partial charge in [-0.15, -0.1) is 0 Å². The smallest absolute Gasteiger partial charge is 0.0107 e. The Kier molecular flexibility index (Phi) is 4.52. The Morgan fingerprint density at radius 3 is 2.63 bits per heavy atom. The Morgan fingerprint density at radius 1 is 1.00 bits per heavy atom. The van der Waals surface area contributed by atoms with Gasteiger partial charge in [0.15, 0.2) is 0 Å². The highest BCUT2D eigenvalue weighted by atomic mass is 15.2. The van der Waals surface area contributed by atoms with Crippen molar-refractivity contribution in [1.82, 2.24) is 10.2 Å². The Balaban J connectivity index is 1.49. The lowest BCUT2D eigenvalue weighted by Gasteiger charge is -2.27. The van der Waals surface area contributed by atoms with Crippen molar-refractivity contribution in [3.8, 4) is 0 Å². The minimum atomic E-state index is 1.17. The van der Waals surface area contributed by atoms with E-state index < -0.39 is 0 Å². The van der Waals surface area contributed by atoms with Crippen LogP contribution in [-0.2, 0) is 19.3 Å². The molecule has 0 spiro atoms. The van der Waals surface area contributed by atoms with Gasteiger partial charge in [-0.05, 0) is 61.8 Å². The predicted octanol–water partition coefficient (Wildman–Crippen LogP) is 2.40. The van der Waals surface area contributed by atoms with Gasteiger partial charge in [-0.1, -0.05) is 18.2 Å². The fourth-order valence-corrected chi connectivity index (χ4v) is 3.38. The Labute approximate surface area is 117 Å². The molecule has 0 bridgehead atoms. The van der Waals surface area contributed by atoms with Crippen LogP contribution in [0.4, 0.5) is 0 Å². The van der Waals surface area contributed by atoms with Crippen LogP contribution in [-0.4, -0.2) is 37.6 Å². The third-order valence-corrected chi connectivity index (χ3v) is 4.56. The van der Waals surface area contributed by atoms with Crippen LogP contribution < -0.4 is 5.32 Å². The third-order valence-electron chi connectivity index (χ3n) is 4.56. The van der Waals surface area contributed by atoms with Crippen LogP contribution in [0, 0.1) is 0 Å². The van der Waals surface area contributed by atoms with E-state index in [0.717, 1.165) is 0 Å². The van der Waals surface area contributed by atoms with Gasteiger partial charge in [-0.3, -0.25) is 0 Å². The second-order valence-corrected chi connectivity index (χ2v) is 6.01. The summed E-state index contributed by atoms with van der Waals surface area (Å²) in [7, 11) is 0. The number of benzene rings is 1. The fraction of sp³-hybridized carbons (Fsp3) is 0.647. The molecule has 0 radical (unpaired) electrons. The molecule has 1 N–H and O–H groups in total. The normalized spacial score (nSPS) is 20.2. The molecule has 104 valence electrons. The van der Waals surface area contributed by atoms with Gasteiger partial charge in [0.2, 0.25) is 0 Å². The average Bonchev–Trinajstić information content (AvgIpc) is 2.48. The van der Waals surface area contributed by atoms with Crippen LogP contribution in [0.5, 0.6) is 0 Å². The monoisotopic (exact) mass is 258 g/mol. The molecule has 3 rings (SSSR count). The highest BCUT2D eigenvalue weighted by molar-refractivity contribution is 5.33. The maximum Gasteiger partial charge on any atom is 0.0107 e. The molecular formula is C17H26N2. The molecule has 2 heteroatoms. The van der Waals surface area contributed by atoms with E-state index in [1.165, 1.54) is 71.2 Å². The molecule has 1 heterocycles. The quantitative estimate of drug-likeness (QED) is 0.892. The van der Waals surface area contributed by atoms with Gasteiger partial charge < -0.3 is 10.2 Å². The molecule has 0 aromatic heterocycles. The zero-order valence-corrected chi connectivity index (χ0v) is 12.0. The first-order chi connectivity index (χ1) is 9.42. The second kappa shape index (κ2) is 6.53. The van der Waals surface area contributed by atoms with Crippen LogP contribution >= 0.6 is 0 Å². The number of aryl methyl sites for hydroxylation is 3. The summed E-state index contributed by atoms with van der Waals surface area (Å²) < 4.78 is 0. The van der Waals surface area contributed by atoms with Crippen LogP contribution in [0.3, 0.4) is 0 Å². The highest BCUT2D eigenvalue weighted by Crippen LogP contribution is 2.22. The van der Waals surface area contributed by atoms with E-state index >= 15 is 0 Å². The standard InChI is InChI=1S/C17H26N2/c1-2-6-17-14-15(7-8-16(17)5-1)4-3-11-19-12-9-18-10-13-19/h7-8,14,18H,1-6,9-13H2. The Bertz CT molecular complexity index is 408. The summed E-state index contributed by atoms with van der Waals surface area (Å²) in [5.41, 5.74) is 4.79. The molecule has 2 aliphatic rings. The van der Waals surface area contributed by atoms with Crippen LogP contribution in [0.2, 0.25) is 0 Å². The SMILES string of the molecule is c1cc2c(cc1CCCN1CCNCC1)CCCC2. The third kappa shape index (κ3) is 3.58. The van der Waals surface area contributed by atoms with E-state index in [2.05, 4.69) is 28.4 Å². The zero-order chi connectivity index (χ0) is 12.9. The molecule has 0 saturated carbocycles. The van der Waals surface area contributed by atoms with Gasteiger partial charge in [-0.2, -0.15) is 0 Å². The maximum atomic E-state index is 3.42. The summed E-state index contributed by atoms with van der Waals surface area (Å²) >= 11 is 0. The summed E-state index contributed by atoms with van der Waals surface area (Å²) in [4.78, 5) is 2.59. The lowest BCUT2D eigenvalue weighted by atomic mass is 9.90. The minimum absolute atomic E-state index is 1.17. The molecule has 19 heavy (non-hydrogen) atoms. The molecule has 2 nitrogen and oxygen atoms in total. The summed E-state index contributed by atoms with van der Waals surface area (Å²) in [5, 5.41) is 3.42. The van der Waals surface area contributed by atoms with Crippen molar-refractivity contribution >= 4 is 0 Å². The Morgan fingerprint density at radius 2 is 1.79 bits per heavy atom. The molecule has 1 aliphatic carbocycles. The molecule has 1 saturated heterocycles. The second-order valence-electron chi connectivity index (χ2n) is 6.01. The van der Waals surface area contributed by atoms with Gasteiger partial charge in [0, 0.05) is 26.2 Å². The molecule has 1 aromatic carbocycles. The molecule has 1 aromatic rings. The lowest BCUT2D eigenvalue weighted by molar-refractivity contribution is 0.238. The first-order valence-electron chi connectivity index (χ1n) is 7.95. The van der Waals surface area contributed by atoms with E-state index in [0.29, 0.717) is 0 Å². The van der Waals surface area contributed by atoms with E-state index in [4.69, 9.17) is 0 Å². The van der Waals surface area contributed by atoms with Gasteiger partial charge >= 0.3 is 0 Å². The summed E-state index contributed by atoms with van der Waals surface area (Å²) in [6, 6.07) is 7.23. The predicted molar refractivity (Wildman–Crippen MR) is 80.7 cm³/mol. The molecular weight excluding hydrogens is 232 g/mol. The number of hydrogen-bond acceptors (Lipinski definition) is 2. The average molecular weight is 258 g/mol. The Hall–Kier alpha value is -0.860. The summed E-state index contributed by atoms with van der Waals surface area (Å²) in [5.74, 6) is 0. The van der Waals surface area contributed by atoms with E-state index in [-0.39, 0.29) is 0 Å². The molecule has 1 fully saturated rings. The molecule has 0 unspecified atom stereocenters. The van der Waals surface area contributed by atoms with Gasteiger partial charge in [-0.25, -0.2) is 0 Å². The van der Waals surface area contributed by atoms with Crippen molar-refractivity contribution in [2.24, 2.45) is 0 Å². The van der Waals surface area contributed by atoms with Crippen LogP contribution in [0.1, 0.15) is 36.0 Å². The number of nitrogens with one attached hydrogen (secondary N) is 1. The first-order valence-corrected chi connectivity index (χ1v) is 7.95. The van der Waals surface area contributed by atoms with Gasteiger partial charge in [0.25, 0.3) is 0 Å². The molecule has 1 aliphatic heterocycles. The summed E-state index contributed by atoms with van der Waals surface area (Å²) in [6.45, 7) is 6.05. The number of rotatable bonds is 4. The fourth-order valence-electron chi connectivity index (χ4n) is 3.38. The number of piperazine rings is 1. The van der Waals surface area contributed by atoms with Crippen molar-refractivity contribution in [2.75, 3.05) is 32.7 Å². The summed E-state index contributed by atoms with van der Waals surface area (Å²) in [6.07, 6.45) is 7.93. The highest BCUT2D eigenvalue weighted by Gasteiger charge is 2.11. The van der Waals surface area contributed by atoms with Crippen LogP contribution in [0.15, 0.2) is 18.2 Å². The number of hydrogen-bond donors (Lipinski definition) is 1. The van der Waals surface area contributed by atoms with E-state index in [9.17, 15) is 0 Å². The van der Waals surface area contributed by atoms with Crippen molar-refractivity contribution in [3.63, 3.8) is 0 Å². The van der Waals surface area contributed by atoms with Crippen molar-refractivity contribution in [3.05, 3.63) is 34.9 Å². The molecule has 0 amide bonds. The van der Waals surface area contributed by atoms with E-state index in [1.54, 1.807) is 16.7 Å². The van der Waals surface area contributed by atoms with Crippen molar-refractivity contribution in [1.29, 1.82) is 0 Å². The number of fused-ring (bicyclic) bond motifs is 1. The maximum absolute atomic E-state index is 3.42. The minimum Gasteiger partial charge on any atom is -0.314 e. The molecule has 0 atom stereocenters. The van der Waals surface area contributed by atoms with Gasteiger partial charge in [0.05, 0.1) is 0 Å². The topological polar surface area (TPSA) is 15.3 Å². The van der Waals surface area contributed by atoms with E-state index in [1.807, 2.05) is 0 Å². The largest absolute Gasteiger partial charge is 0.314 e. The zero-order valence-electron chi connectivity index (χ0n) is 12.0. The van der Waals surface area contributed by atoms with Crippen molar-refractivity contribution in [2.45, 2.75) is 38.5 Å². The number of nitrogens with zero attached hydrogens (tertiary/aromatic N) is 1. The lowest BCUT2D eigenvalue weighted by Crippen LogP contribution is -2.43. The van der Waals surface area contributed by atoms with Crippen LogP contribution in [0.25, 0.3) is 0 Å². The van der Waals surface area contributed by atoms with Gasteiger partial charge in [0.1, 0.15) is 0 Å².